The standard InChI is InChI=1S/C16H29N3O2/c1-13(16(20)18-8-10-21-11-9-18)19(15-5-6-15)12-14-4-2-3-7-17-14/h13-15,17H,2-12H2,1H3. The third-order valence-corrected chi connectivity index (χ3v) is 5.04. The lowest BCUT2D eigenvalue weighted by Crippen LogP contribution is -2.54. The van der Waals surface area contributed by atoms with Crippen LogP contribution in [-0.2, 0) is 9.53 Å². The fourth-order valence-corrected chi connectivity index (χ4v) is 3.55. The lowest BCUT2D eigenvalue weighted by atomic mass is 10.0. The Hall–Kier alpha value is -0.650. The van der Waals surface area contributed by atoms with Gasteiger partial charge in [-0.1, -0.05) is 6.42 Å². The van der Waals surface area contributed by atoms with Crippen molar-refractivity contribution in [3.8, 4) is 0 Å². The van der Waals surface area contributed by atoms with Gasteiger partial charge in [-0.2, -0.15) is 0 Å². The number of piperidine rings is 1. The summed E-state index contributed by atoms with van der Waals surface area (Å²) in [5, 5.41) is 3.62. The average molecular weight is 295 g/mol. The lowest BCUT2D eigenvalue weighted by molar-refractivity contribution is -0.141. The molecule has 0 aromatic carbocycles. The fourth-order valence-electron chi connectivity index (χ4n) is 3.55. The lowest BCUT2D eigenvalue weighted by Gasteiger charge is -2.37. The first-order valence-corrected chi connectivity index (χ1v) is 8.61. The molecule has 2 saturated heterocycles. The van der Waals surface area contributed by atoms with Gasteiger partial charge in [-0.3, -0.25) is 9.69 Å². The van der Waals surface area contributed by atoms with Crippen molar-refractivity contribution in [3.63, 3.8) is 0 Å². The predicted octanol–water partition coefficient (Wildman–Crippen LogP) is 0.840. The van der Waals surface area contributed by atoms with E-state index in [9.17, 15) is 4.79 Å². The summed E-state index contributed by atoms with van der Waals surface area (Å²) in [4.78, 5) is 17.2. The Labute approximate surface area is 128 Å². The van der Waals surface area contributed by atoms with E-state index in [1.165, 1.54) is 32.1 Å². The maximum atomic E-state index is 12.7. The molecule has 2 heterocycles. The summed E-state index contributed by atoms with van der Waals surface area (Å²) < 4.78 is 5.35. The fraction of sp³-hybridized carbons (Fsp3) is 0.938. The number of hydrogen-bond donors (Lipinski definition) is 1. The van der Waals surface area contributed by atoms with Gasteiger partial charge < -0.3 is 15.0 Å². The van der Waals surface area contributed by atoms with Gasteiger partial charge >= 0.3 is 0 Å². The molecule has 0 spiro atoms. The van der Waals surface area contributed by atoms with Crippen molar-refractivity contribution in [2.45, 2.75) is 57.2 Å². The summed E-state index contributed by atoms with van der Waals surface area (Å²) in [6.07, 6.45) is 6.38. The Bertz CT molecular complexity index is 347. The molecule has 1 amide bonds. The van der Waals surface area contributed by atoms with Crippen molar-refractivity contribution >= 4 is 5.91 Å². The van der Waals surface area contributed by atoms with Crippen LogP contribution in [0.5, 0.6) is 0 Å². The Kier molecular flexibility index (Phi) is 5.14. The molecule has 1 N–H and O–H groups in total. The van der Waals surface area contributed by atoms with Crippen LogP contribution in [0.1, 0.15) is 39.0 Å². The van der Waals surface area contributed by atoms with Crippen LogP contribution >= 0.6 is 0 Å². The monoisotopic (exact) mass is 295 g/mol. The largest absolute Gasteiger partial charge is 0.378 e. The molecule has 0 aromatic heterocycles. The molecule has 2 atom stereocenters. The Balaban J connectivity index is 1.58. The molecular weight excluding hydrogens is 266 g/mol. The van der Waals surface area contributed by atoms with E-state index in [2.05, 4.69) is 17.1 Å². The van der Waals surface area contributed by atoms with Crippen LogP contribution in [-0.4, -0.2) is 73.2 Å². The molecule has 0 radical (unpaired) electrons. The highest BCUT2D eigenvalue weighted by atomic mass is 16.5. The van der Waals surface area contributed by atoms with Gasteiger partial charge in [-0.15, -0.1) is 0 Å². The number of rotatable bonds is 5. The van der Waals surface area contributed by atoms with E-state index in [0.717, 1.165) is 26.2 Å². The number of ether oxygens (including phenoxy) is 1. The molecule has 5 heteroatoms. The molecular formula is C16H29N3O2. The number of morpholine rings is 1. The van der Waals surface area contributed by atoms with E-state index in [-0.39, 0.29) is 6.04 Å². The van der Waals surface area contributed by atoms with E-state index in [0.29, 0.717) is 31.2 Å². The van der Waals surface area contributed by atoms with Crippen LogP contribution in [0.2, 0.25) is 0 Å². The van der Waals surface area contributed by atoms with Crippen LogP contribution in [0.3, 0.4) is 0 Å². The van der Waals surface area contributed by atoms with E-state index < -0.39 is 0 Å². The van der Waals surface area contributed by atoms with E-state index in [4.69, 9.17) is 4.74 Å². The molecule has 3 aliphatic rings. The summed E-state index contributed by atoms with van der Waals surface area (Å²) >= 11 is 0. The smallest absolute Gasteiger partial charge is 0.239 e. The molecule has 5 nitrogen and oxygen atoms in total. The minimum absolute atomic E-state index is 0.0133. The highest BCUT2D eigenvalue weighted by Crippen LogP contribution is 2.30. The van der Waals surface area contributed by atoms with Crippen molar-refractivity contribution in [1.29, 1.82) is 0 Å². The zero-order valence-electron chi connectivity index (χ0n) is 13.2. The highest BCUT2D eigenvalue weighted by Gasteiger charge is 2.37. The molecule has 3 rings (SSSR count). The van der Waals surface area contributed by atoms with Gasteiger partial charge in [0.1, 0.15) is 0 Å². The summed E-state index contributed by atoms with van der Waals surface area (Å²) in [6.45, 7) is 7.14. The second kappa shape index (κ2) is 7.07. The van der Waals surface area contributed by atoms with Crippen molar-refractivity contribution in [2.24, 2.45) is 0 Å². The minimum Gasteiger partial charge on any atom is -0.378 e. The quantitative estimate of drug-likeness (QED) is 0.816. The van der Waals surface area contributed by atoms with Crippen LogP contribution in [0, 0.1) is 0 Å². The summed E-state index contributed by atoms with van der Waals surface area (Å²) in [5.74, 6) is 0.293. The first-order chi connectivity index (χ1) is 10.3. The first kappa shape index (κ1) is 15.3. The van der Waals surface area contributed by atoms with Gasteiger partial charge in [0.05, 0.1) is 19.3 Å². The topological polar surface area (TPSA) is 44.8 Å². The molecule has 120 valence electrons. The number of amides is 1. The number of carbonyl (C=O) groups is 1. The molecule has 21 heavy (non-hydrogen) atoms. The van der Waals surface area contributed by atoms with Crippen molar-refractivity contribution < 1.29 is 9.53 Å². The van der Waals surface area contributed by atoms with Crippen molar-refractivity contribution in [2.75, 3.05) is 39.4 Å². The van der Waals surface area contributed by atoms with Crippen molar-refractivity contribution in [3.05, 3.63) is 0 Å². The molecule has 1 saturated carbocycles. The molecule has 2 aliphatic heterocycles. The molecule has 2 unspecified atom stereocenters. The summed E-state index contributed by atoms with van der Waals surface area (Å²) in [6, 6.07) is 1.22. The van der Waals surface area contributed by atoms with Gasteiger partial charge in [-0.05, 0) is 39.2 Å². The normalized spacial score (nSPS) is 28.7. The van der Waals surface area contributed by atoms with Crippen LogP contribution < -0.4 is 5.32 Å². The van der Waals surface area contributed by atoms with E-state index in [1.54, 1.807) is 0 Å². The van der Waals surface area contributed by atoms with Crippen molar-refractivity contribution in [1.82, 2.24) is 15.1 Å². The number of nitrogens with zero attached hydrogens (tertiary/aromatic N) is 2. The zero-order chi connectivity index (χ0) is 14.7. The van der Waals surface area contributed by atoms with Gasteiger partial charge in [-0.25, -0.2) is 0 Å². The molecule has 0 bridgehead atoms. The maximum absolute atomic E-state index is 12.7. The Morgan fingerprint density at radius 3 is 2.67 bits per heavy atom. The number of carbonyl (C=O) groups excluding carboxylic acids is 1. The van der Waals surface area contributed by atoms with Gasteiger partial charge in [0, 0.05) is 31.7 Å². The first-order valence-electron chi connectivity index (χ1n) is 8.61. The molecule has 3 fully saturated rings. The van der Waals surface area contributed by atoms with Gasteiger partial charge in [0.15, 0.2) is 0 Å². The maximum Gasteiger partial charge on any atom is 0.239 e. The van der Waals surface area contributed by atoms with Crippen LogP contribution in [0.25, 0.3) is 0 Å². The van der Waals surface area contributed by atoms with E-state index >= 15 is 0 Å². The minimum atomic E-state index is 0.0133. The van der Waals surface area contributed by atoms with E-state index in [1.807, 2.05) is 4.90 Å². The average Bonchev–Trinajstić information content (AvgIpc) is 3.38. The second-order valence-electron chi connectivity index (χ2n) is 6.69. The summed E-state index contributed by atoms with van der Waals surface area (Å²) in [7, 11) is 0. The van der Waals surface area contributed by atoms with Gasteiger partial charge in [0.25, 0.3) is 0 Å². The SMILES string of the molecule is CC(C(=O)N1CCOCC1)N(CC1CCCCN1)C1CC1. The summed E-state index contributed by atoms with van der Waals surface area (Å²) in [5.41, 5.74) is 0. The third kappa shape index (κ3) is 3.96. The number of nitrogens with one attached hydrogen (secondary N) is 1. The third-order valence-electron chi connectivity index (χ3n) is 5.04. The second-order valence-corrected chi connectivity index (χ2v) is 6.69. The van der Waals surface area contributed by atoms with Crippen LogP contribution in [0.15, 0.2) is 0 Å². The highest BCUT2D eigenvalue weighted by molar-refractivity contribution is 5.81. The predicted molar refractivity (Wildman–Crippen MR) is 82.2 cm³/mol. The zero-order valence-corrected chi connectivity index (χ0v) is 13.2. The van der Waals surface area contributed by atoms with Gasteiger partial charge in [0.2, 0.25) is 5.91 Å². The van der Waals surface area contributed by atoms with Crippen LogP contribution in [0.4, 0.5) is 0 Å². The molecule has 1 aliphatic carbocycles. The number of hydrogen-bond acceptors (Lipinski definition) is 4. The molecule has 0 aromatic rings. The Morgan fingerprint density at radius 1 is 1.29 bits per heavy atom. The Morgan fingerprint density at radius 2 is 2.05 bits per heavy atom.